The van der Waals surface area contributed by atoms with Crippen LogP contribution in [0, 0.1) is 0 Å². The molecule has 0 aliphatic heterocycles. The summed E-state index contributed by atoms with van der Waals surface area (Å²) in [7, 11) is 1.81. The van der Waals surface area contributed by atoms with Gasteiger partial charge in [-0.25, -0.2) is 4.98 Å². The number of benzene rings is 2. The largest absolute Gasteiger partial charge is 0.336 e. The number of hydrogen-bond acceptors (Lipinski definition) is 2. The monoisotopic (exact) mass is 406 g/mol. The van der Waals surface area contributed by atoms with Gasteiger partial charge in [0, 0.05) is 36.2 Å². The smallest absolute Gasteiger partial charge is 0.254 e. The molecule has 0 saturated carbocycles. The standard InChI is InChI=1S/C23H23ClN4O/c1-16(2)28-21-12-11-17(14-20(21)25-23(28)24)22(29)26(3)15-19-10-7-13-27(19)18-8-5-4-6-9-18/h4-14,16H,15H2,1-3H3. The van der Waals surface area contributed by atoms with Crippen molar-refractivity contribution in [2.24, 2.45) is 0 Å². The van der Waals surface area contributed by atoms with E-state index < -0.39 is 0 Å². The van der Waals surface area contributed by atoms with E-state index in [1.54, 1.807) is 4.90 Å². The number of amides is 1. The van der Waals surface area contributed by atoms with Crippen molar-refractivity contribution in [3.05, 3.63) is 83.4 Å². The lowest BCUT2D eigenvalue weighted by Gasteiger charge is -2.19. The third-order valence-electron chi connectivity index (χ3n) is 5.02. The summed E-state index contributed by atoms with van der Waals surface area (Å²) in [6, 6.07) is 19.9. The fourth-order valence-corrected chi connectivity index (χ4v) is 3.99. The Morgan fingerprint density at radius 1 is 1.10 bits per heavy atom. The molecule has 0 N–H and O–H groups in total. The van der Waals surface area contributed by atoms with E-state index in [0.29, 0.717) is 17.4 Å². The summed E-state index contributed by atoms with van der Waals surface area (Å²) in [4.78, 5) is 19.2. The van der Waals surface area contributed by atoms with Gasteiger partial charge in [-0.05, 0) is 67.9 Å². The number of rotatable bonds is 5. The van der Waals surface area contributed by atoms with Crippen LogP contribution < -0.4 is 0 Å². The maximum absolute atomic E-state index is 13.0. The Bertz CT molecular complexity index is 1160. The van der Waals surface area contributed by atoms with Crippen LogP contribution in [0.3, 0.4) is 0 Å². The number of halogens is 1. The van der Waals surface area contributed by atoms with Crippen LogP contribution >= 0.6 is 11.6 Å². The predicted molar refractivity (Wildman–Crippen MR) is 117 cm³/mol. The van der Waals surface area contributed by atoms with Crippen LogP contribution in [0.5, 0.6) is 0 Å². The first-order valence-electron chi connectivity index (χ1n) is 9.60. The molecule has 0 aliphatic carbocycles. The van der Waals surface area contributed by atoms with Crippen LogP contribution in [0.1, 0.15) is 35.9 Å². The van der Waals surface area contributed by atoms with Crippen molar-refractivity contribution in [1.29, 1.82) is 0 Å². The molecule has 6 heteroatoms. The zero-order valence-electron chi connectivity index (χ0n) is 16.7. The average molecular weight is 407 g/mol. The molecule has 2 aromatic carbocycles. The van der Waals surface area contributed by atoms with Gasteiger partial charge in [0.2, 0.25) is 5.28 Å². The molecule has 0 fully saturated rings. The van der Waals surface area contributed by atoms with E-state index in [-0.39, 0.29) is 11.9 Å². The Morgan fingerprint density at radius 3 is 2.59 bits per heavy atom. The van der Waals surface area contributed by atoms with Crippen LogP contribution in [0.4, 0.5) is 0 Å². The van der Waals surface area contributed by atoms with Crippen LogP contribution in [-0.2, 0) is 6.54 Å². The highest BCUT2D eigenvalue weighted by molar-refractivity contribution is 6.29. The molecule has 0 bridgehead atoms. The third-order valence-corrected chi connectivity index (χ3v) is 5.29. The van der Waals surface area contributed by atoms with E-state index in [0.717, 1.165) is 22.4 Å². The Kier molecular flexibility index (Phi) is 5.16. The lowest BCUT2D eigenvalue weighted by molar-refractivity contribution is 0.0783. The zero-order valence-corrected chi connectivity index (χ0v) is 17.5. The fraction of sp³-hybridized carbons (Fsp3) is 0.217. The van der Waals surface area contributed by atoms with Crippen molar-refractivity contribution in [2.75, 3.05) is 7.05 Å². The number of imidazole rings is 1. The molecule has 4 aromatic rings. The van der Waals surface area contributed by atoms with E-state index in [4.69, 9.17) is 11.6 Å². The van der Waals surface area contributed by atoms with Crippen molar-refractivity contribution >= 4 is 28.5 Å². The summed E-state index contributed by atoms with van der Waals surface area (Å²) < 4.78 is 4.05. The quantitative estimate of drug-likeness (QED) is 0.449. The number of carbonyl (C=O) groups is 1. The Hall–Kier alpha value is -3.05. The van der Waals surface area contributed by atoms with E-state index in [9.17, 15) is 4.79 Å². The second-order valence-electron chi connectivity index (χ2n) is 7.41. The maximum atomic E-state index is 13.0. The van der Waals surface area contributed by atoms with Gasteiger partial charge in [-0.3, -0.25) is 4.79 Å². The lowest BCUT2D eigenvalue weighted by Crippen LogP contribution is -2.27. The summed E-state index contributed by atoms with van der Waals surface area (Å²) in [6.45, 7) is 4.61. The topological polar surface area (TPSA) is 43.1 Å². The van der Waals surface area contributed by atoms with Gasteiger partial charge in [-0.15, -0.1) is 0 Å². The maximum Gasteiger partial charge on any atom is 0.254 e. The summed E-state index contributed by atoms with van der Waals surface area (Å²) in [5, 5.41) is 0.439. The summed E-state index contributed by atoms with van der Waals surface area (Å²) in [5.41, 5.74) is 4.38. The van der Waals surface area contributed by atoms with E-state index in [2.05, 4.69) is 23.4 Å². The number of para-hydroxylation sites is 1. The molecule has 4 rings (SSSR count). The molecule has 29 heavy (non-hydrogen) atoms. The molecule has 1 amide bonds. The van der Waals surface area contributed by atoms with Crippen LogP contribution in [0.15, 0.2) is 66.9 Å². The fourth-order valence-electron chi connectivity index (χ4n) is 3.61. The molecule has 0 aliphatic rings. The Labute approximate surface area is 175 Å². The second kappa shape index (κ2) is 7.76. The first-order valence-corrected chi connectivity index (χ1v) is 9.98. The van der Waals surface area contributed by atoms with Crippen molar-refractivity contribution in [1.82, 2.24) is 19.0 Å². The summed E-state index contributed by atoms with van der Waals surface area (Å²) in [5.74, 6) is -0.0528. The molecule has 0 unspecified atom stereocenters. The molecule has 2 heterocycles. The van der Waals surface area contributed by atoms with Gasteiger partial charge in [0.25, 0.3) is 5.91 Å². The van der Waals surface area contributed by atoms with Gasteiger partial charge < -0.3 is 14.0 Å². The molecule has 0 spiro atoms. The second-order valence-corrected chi connectivity index (χ2v) is 7.75. The Balaban J connectivity index is 1.58. The van der Waals surface area contributed by atoms with Crippen molar-refractivity contribution in [3.8, 4) is 5.69 Å². The minimum atomic E-state index is -0.0528. The molecule has 0 atom stereocenters. The summed E-state index contributed by atoms with van der Waals surface area (Å²) in [6.07, 6.45) is 2.01. The number of aromatic nitrogens is 3. The number of nitrogens with zero attached hydrogens (tertiary/aromatic N) is 4. The van der Waals surface area contributed by atoms with E-state index >= 15 is 0 Å². The molecule has 2 aromatic heterocycles. The summed E-state index contributed by atoms with van der Waals surface area (Å²) >= 11 is 6.28. The highest BCUT2D eigenvalue weighted by Gasteiger charge is 2.17. The van der Waals surface area contributed by atoms with Gasteiger partial charge >= 0.3 is 0 Å². The van der Waals surface area contributed by atoms with Crippen LogP contribution in [0.25, 0.3) is 16.7 Å². The predicted octanol–water partition coefficient (Wildman–Crippen LogP) is 5.33. The third kappa shape index (κ3) is 3.66. The van der Waals surface area contributed by atoms with Gasteiger partial charge in [0.05, 0.1) is 17.6 Å². The first kappa shape index (κ1) is 19.3. The highest BCUT2D eigenvalue weighted by Crippen LogP contribution is 2.25. The molecule has 5 nitrogen and oxygen atoms in total. The minimum Gasteiger partial charge on any atom is -0.336 e. The molecule has 148 valence electrons. The van der Waals surface area contributed by atoms with Crippen molar-refractivity contribution in [3.63, 3.8) is 0 Å². The first-order chi connectivity index (χ1) is 14.0. The van der Waals surface area contributed by atoms with Gasteiger partial charge in [-0.2, -0.15) is 0 Å². The van der Waals surface area contributed by atoms with Gasteiger partial charge in [0.1, 0.15) is 0 Å². The molecular weight excluding hydrogens is 384 g/mol. The number of hydrogen-bond donors (Lipinski definition) is 0. The van der Waals surface area contributed by atoms with Crippen molar-refractivity contribution in [2.45, 2.75) is 26.4 Å². The molecular formula is C23H23ClN4O. The highest BCUT2D eigenvalue weighted by atomic mass is 35.5. The molecule has 0 saturated heterocycles. The minimum absolute atomic E-state index is 0.0528. The zero-order chi connectivity index (χ0) is 20.5. The van der Waals surface area contributed by atoms with Crippen LogP contribution in [-0.4, -0.2) is 32.0 Å². The number of carbonyl (C=O) groups excluding carboxylic acids is 1. The van der Waals surface area contributed by atoms with Crippen LogP contribution in [0.2, 0.25) is 5.28 Å². The normalized spacial score (nSPS) is 11.3. The van der Waals surface area contributed by atoms with E-state index in [1.165, 1.54) is 0 Å². The SMILES string of the molecule is CC(C)n1c(Cl)nc2cc(C(=O)N(C)Cc3cccn3-c3ccccc3)ccc21. The van der Waals surface area contributed by atoms with Crippen molar-refractivity contribution < 1.29 is 4.79 Å². The lowest BCUT2D eigenvalue weighted by atomic mass is 10.1. The molecule has 0 radical (unpaired) electrons. The van der Waals surface area contributed by atoms with E-state index in [1.807, 2.05) is 78.5 Å². The number of fused-ring (bicyclic) bond motifs is 1. The Morgan fingerprint density at radius 2 is 1.86 bits per heavy atom. The van der Waals surface area contributed by atoms with Gasteiger partial charge in [-0.1, -0.05) is 18.2 Å². The van der Waals surface area contributed by atoms with Gasteiger partial charge in [0.15, 0.2) is 0 Å². The average Bonchev–Trinajstić information content (AvgIpc) is 3.30.